The average molecular weight is 188 g/mol. The van der Waals surface area contributed by atoms with Gasteiger partial charge >= 0.3 is 0 Å². The lowest BCUT2D eigenvalue weighted by Crippen LogP contribution is -2.35. The van der Waals surface area contributed by atoms with Crippen LogP contribution in [0.5, 0.6) is 0 Å². The van der Waals surface area contributed by atoms with Gasteiger partial charge in [0.05, 0.1) is 5.84 Å². The summed E-state index contributed by atoms with van der Waals surface area (Å²) in [4.78, 5) is 2.07. The molecule has 0 bridgehead atoms. The van der Waals surface area contributed by atoms with Crippen LogP contribution >= 0.6 is 11.8 Å². The molecule has 0 saturated heterocycles. The van der Waals surface area contributed by atoms with Gasteiger partial charge in [-0.25, -0.2) is 0 Å². The van der Waals surface area contributed by atoms with Crippen molar-refractivity contribution in [1.29, 1.82) is 5.41 Å². The van der Waals surface area contributed by atoms with Crippen LogP contribution in [0.1, 0.15) is 26.7 Å². The normalized spacial score (nSPS) is 12.7. The van der Waals surface area contributed by atoms with E-state index < -0.39 is 0 Å². The van der Waals surface area contributed by atoms with E-state index in [0.29, 0.717) is 6.04 Å². The highest BCUT2D eigenvalue weighted by Gasteiger charge is 2.10. The topological polar surface area (TPSA) is 27.1 Å². The molecule has 0 heterocycles. The summed E-state index contributed by atoms with van der Waals surface area (Å²) in [5.41, 5.74) is 0. The lowest BCUT2D eigenvalue weighted by Gasteiger charge is -2.26. The molecule has 1 atom stereocenters. The third-order valence-corrected chi connectivity index (χ3v) is 2.80. The second-order valence-electron chi connectivity index (χ2n) is 3.11. The fraction of sp³-hybridized carbons (Fsp3) is 0.889. The molecule has 0 aliphatic rings. The van der Waals surface area contributed by atoms with Crippen LogP contribution in [-0.4, -0.2) is 35.8 Å². The molecule has 72 valence electrons. The van der Waals surface area contributed by atoms with Crippen molar-refractivity contribution in [2.75, 3.05) is 19.1 Å². The Bertz CT molecular complexity index is 136. The zero-order valence-electron chi connectivity index (χ0n) is 8.55. The highest BCUT2D eigenvalue weighted by Crippen LogP contribution is 2.06. The fourth-order valence-electron chi connectivity index (χ4n) is 1.03. The fourth-order valence-corrected chi connectivity index (χ4v) is 1.74. The molecule has 0 spiro atoms. The van der Waals surface area contributed by atoms with Gasteiger partial charge in [0.2, 0.25) is 0 Å². The molecule has 12 heavy (non-hydrogen) atoms. The highest BCUT2D eigenvalue weighted by atomic mass is 32.2. The lowest BCUT2D eigenvalue weighted by atomic mass is 10.2. The molecule has 0 aromatic carbocycles. The summed E-state index contributed by atoms with van der Waals surface area (Å²) in [6.07, 6.45) is 4.07. The molecule has 0 fully saturated rings. The van der Waals surface area contributed by atoms with Gasteiger partial charge in [-0.2, -0.15) is 11.8 Å². The molecule has 0 radical (unpaired) electrons. The summed E-state index contributed by atoms with van der Waals surface area (Å²) in [6, 6.07) is 0.485. The Balaban J connectivity index is 3.82. The minimum atomic E-state index is 0.485. The van der Waals surface area contributed by atoms with Crippen molar-refractivity contribution < 1.29 is 0 Å². The number of nitrogens with zero attached hydrogens (tertiary/aromatic N) is 1. The SMILES string of the molecule is CCCC(=N)N(C)C(C)CSC. The van der Waals surface area contributed by atoms with Crippen LogP contribution in [0.2, 0.25) is 0 Å². The van der Waals surface area contributed by atoms with E-state index in [0.717, 1.165) is 24.4 Å². The predicted molar refractivity (Wildman–Crippen MR) is 58.2 cm³/mol. The number of nitrogens with one attached hydrogen (secondary N) is 1. The second kappa shape index (κ2) is 6.35. The third-order valence-electron chi connectivity index (χ3n) is 1.98. The Morgan fingerprint density at radius 2 is 2.17 bits per heavy atom. The molecule has 0 aromatic heterocycles. The molecule has 2 nitrogen and oxygen atoms in total. The number of rotatable bonds is 5. The smallest absolute Gasteiger partial charge is 0.0957 e. The maximum Gasteiger partial charge on any atom is 0.0957 e. The van der Waals surface area contributed by atoms with Gasteiger partial charge in [-0.15, -0.1) is 0 Å². The largest absolute Gasteiger partial charge is 0.360 e. The predicted octanol–water partition coefficient (Wildman–Crippen LogP) is 2.45. The molecule has 0 rings (SSSR count). The van der Waals surface area contributed by atoms with Gasteiger partial charge in [0, 0.05) is 25.3 Å². The maximum absolute atomic E-state index is 7.72. The van der Waals surface area contributed by atoms with Crippen molar-refractivity contribution in [1.82, 2.24) is 4.90 Å². The molecule has 1 N–H and O–H groups in total. The zero-order chi connectivity index (χ0) is 9.56. The third kappa shape index (κ3) is 4.00. The van der Waals surface area contributed by atoms with E-state index in [1.54, 1.807) is 0 Å². The summed E-state index contributed by atoms with van der Waals surface area (Å²) < 4.78 is 0. The Kier molecular flexibility index (Phi) is 6.25. The zero-order valence-corrected chi connectivity index (χ0v) is 9.37. The van der Waals surface area contributed by atoms with E-state index in [2.05, 4.69) is 25.0 Å². The van der Waals surface area contributed by atoms with E-state index in [-0.39, 0.29) is 0 Å². The van der Waals surface area contributed by atoms with Gasteiger partial charge in [0.25, 0.3) is 0 Å². The molecule has 3 heteroatoms. The molecule has 0 aromatic rings. The Morgan fingerprint density at radius 3 is 2.58 bits per heavy atom. The van der Waals surface area contributed by atoms with Gasteiger partial charge in [0.15, 0.2) is 0 Å². The molecular formula is C9H20N2S. The lowest BCUT2D eigenvalue weighted by molar-refractivity contribution is 0.411. The Morgan fingerprint density at radius 1 is 1.58 bits per heavy atom. The van der Waals surface area contributed by atoms with Crippen molar-refractivity contribution in [3.63, 3.8) is 0 Å². The first-order chi connectivity index (χ1) is 5.63. The van der Waals surface area contributed by atoms with Gasteiger partial charge in [-0.1, -0.05) is 6.92 Å². The minimum absolute atomic E-state index is 0.485. The van der Waals surface area contributed by atoms with Crippen molar-refractivity contribution in [2.45, 2.75) is 32.7 Å². The van der Waals surface area contributed by atoms with Crippen LogP contribution in [-0.2, 0) is 0 Å². The molecular weight excluding hydrogens is 168 g/mol. The van der Waals surface area contributed by atoms with E-state index in [1.807, 2.05) is 18.8 Å². The first-order valence-corrected chi connectivity index (χ1v) is 5.82. The van der Waals surface area contributed by atoms with Crippen LogP contribution in [0.15, 0.2) is 0 Å². The van der Waals surface area contributed by atoms with Gasteiger partial charge in [-0.3, -0.25) is 5.41 Å². The monoisotopic (exact) mass is 188 g/mol. The molecule has 0 amide bonds. The highest BCUT2D eigenvalue weighted by molar-refractivity contribution is 7.98. The van der Waals surface area contributed by atoms with E-state index in [1.165, 1.54) is 0 Å². The van der Waals surface area contributed by atoms with Crippen LogP contribution in [0, 0.1) is 5.41 Å². The standard InChI is InChI=1S/C9H20N2S/c1-5-6-9(10)11(3)8(2)7-12-4/h8,10H,5-7H2,1-4H3. The van der Waals surface area contributed by atoms with Gasteiger partial charge in [-0.05, 0) is 19.6 Å². The number of amidine groups is 1. The Labute approximate surface area is 80.2 Å². The average Bonchev–Trinajstić information content (AvgIpc) is 2.04. The van der Waals surface area contributed by atoms with E-state index in [4.69, 9.17) is 5.41 Å². The number of hydrogen-bond donors (Lipinski definition) is 1. The van der Waals surface area contributed by atoms with Crippen LogP contribution in [0.4, 0.5) is 0 Å². The van der Waals surface area contributed by atoms with Crippen LogP contribution < -0.4 is 0 Å². The first-order valence-electron chi connectivity index (χ1n) is 4.42. The van der Waals surface area contributed by atoms with Crippen molar-refractivity contribution in [3.05, 3.63) is 0 Å². The summed E-state index contributed by atoms with van der Waals surface area (Å²) in [7, 11) is 2.01. The van der Waals surface area contributed by atoms with Crippen LogP contribution in [0.3, 0.4) is 0 Å². The number of hydrogen-bond acceptors (Lipinski definition) is 2. The van der Waals surface area contributed by atoms with Crippen molar-refractivity contribution in [2.24, 2.45) is 0 Å². The second-order valence-corrected chi connectivity index (χ2v) is 4.02. The van der Waals surface area contributed by atoms with E-state index >= 15 is 0 Å². The summed E-state index contributed by atoms with van der Waals surface area (Å²) in [5.74, 6) is 1.86. The van der Waals surface area contributed by atoms with Gasteiger partial charge < -0.3 is 4.90 Å². The molecule has 1 unspecified atom stereocenters. The molecule has 0 saturated carbocycles. The number of thioether (sulfide) groups is 1. The van der Waals surface area contributed by atoms with Gasteiger partial charge in [0.1, 0.15) is 0 Å². The molecule has 0 aliphatic carbocycles. The quantitative estimate of drug-likeness (QED) is 0.530. The maximum atomic E-state index is 7.72. The Hall–Kier alpha value is -0.180. The summed E-state index contributed by atoms with van der Waals surface area (Å²) in [5, 5.41) is 7.72. The summed E-state index contributed by atoms with van der Waals surface area (Å²) in [6.45, 7) is 4.28. The minimum Gasteiger partial charge on any atom is -0.360 e. The van der Waals surface area contributed by atoms with E-state index in [9.17, 15) is 0 Å². The first kappa shape index (κ1) is 11.8. The van der Waals surface area contributed by atoms with Crippen LogP contribution in [0.25, 0.3) is 0 Å². The van der Waals surface area contributed by atoms with Crippen molar-refractivity contribution >= 4 is 17.6 Å². The van der Waals surface area contributed by atoms with Crippen molar-refractivity contribution in [3.8, 4) is 0 Å². The summed E-state index contributed by atoms with van der Waals surface area (Å²) >= 11 is 1.84. The molecule has 0 aliphatic heterocycles.